The second-order valence-electron chi connectivity index (χ2n) is 34.5. The molecule has 3 N–H and O–H groups in total. The number of halogens is 1. The standard InChI is InChI=1S/C35H33N3O3S.C28H27N3O3S.C21H23N3O3.C14H12OS.CH4.HI/c39-29-15-18-37-32(33(29)41-21-24-9-2-1-3-10-24)34(40)36(26-19-35(20-26)16-8-17-35)23-38(37)31-27-12-5-4-11-25(27)22-42-30-14-7-6-13-28(30)31;32-22-10-13-30-25(26(22)33)27(34)29(19-14-28(15-19)11-5-12-28)17-31(30)24-20-7-2-1-6-18(20)16-35-23-9-4-3-8-21(23)24;25-17-7-10-24-18(19(17)27-13-15-5-2-1-3-6-15)20(26)23(14-22-24)16-11-21(12-16)8-4-9-21;15-14-11-6-2-1-5-10(11)9-16-13-8-4-3-7-12(13)14;;/h1-7,9-15,18,26,31H,8,16-17,19-23H2;1-4,6-10,13,19,24,33H,5,11-12,14-17H2;1-3,5-7,10,16,22H,4,8-9,11-14H2;1-8,14-15H,9H2;1H4;1H/p-1/t31-;24-;;;;/m00..../s1. The number of aliphatic hydroxyl groups excluding tert-OH is 1. The van der Waals surface area contributed by atoms with Gasteiger partial charge in [-0.05, 0) is 173 Å². The molecule has 3 aromatic heterocycles. The molecule has 3 amide bonds. The molecule has 11 aromatic rings. The summed E-state index contributed by atoms with van der Waals surface area (Å²) in [5, 5.41) is 25.6. The van der Waals surface area contributed by atoms with E-state index in [0.717, 1.165) is 78.0 Å². The Hall–Kier alpha value is -10.4. The fourth-order valence-electron chi connectivity index (χ4n) is 20.6. The molecule has 0 bridgehead atoms. The van der Waals surface area contributed by atoms with Gasteiger partial charge in [-0.2, -0.15) is 0 Å². The Labute approximate surface area is 740 Å². The van der Waals surface area contributed by atoms with Crippen LogP contribution in [0.15, 0.2) is 272 Å². The van der Waals surface area contributed by atoms with Gasteiger partial charge in [-0.15, -0.1) is 35.3 Å². The first kappa shape index (κ1) is 82.5. The molecule has 3 spiro atoms. The van der Waals surface area contributed by atoms with E-state index in [1.165, 1.54) is 130 Å². The molecule has 9 heterocycles. The van der Waals surface area contributed by atoms with Gasteiger partial charge >= 0.3 is 0 Å². The van der Waals surface area contributed by atoms with E-state index in [0.29, 0.717) is 47.6 Å². The van der Waals surface area contributed by atoms with Crippen LogP contribution in [-0.4, -0.2) is 94.8 Å². The highest BCUT2D eigenvalue weighted by Crippen LogP contribution is 2.60. The number of nitrogens with one attached hydrogen (secondary N) is 1. The Morgan fingerprint density at radius 2 is 0.738 bits per heavy atom. The number of hydrogen-bond donors (Lipinski definition) is 3. The zero-order chi connectivity index (χ0) is 81.4. The van der Waals surface area contributed by atoms with E-state index >= 15 is 0 Å². The number of benzene rings is 8. The molecule has 0 saturated heterocycles. The van der Waals surface area contributed by atoms with Crippen LogP contribution >= 0.6 is 35.3 Å². The molecule has 19 nitrogen and oxygen atoms in total. The van der Waals surface area contributed by atoms with Gasteiger partial charge in [0.25, 0.3) is 17.7 Å². The van der Waals surface area contributed by atoms with Crippen LogP contribution in [0.3, 0.4) is 0 Å². The maximum absolute atomic E-state index is 14.4. The number of hydrogen-bond acceptors (Lipinski definition) is 16. The van der Waals surface area contributed by atoms with Crippen molar-refractivity contribution in [3.8, 4) is 17.2 Å². The third-order valence-electron chi connectivity index (χ3n) is 27.6. The maximum Gasteiger partial charge on any atom is 0.278 e. The number of rotatable bonds is 11. The predicted molar refractivity (Wildman–Crippen MR) is 474 cm³/mol. The van der Waals surface area contributed by atoms with E-state index in [1.807, 2.05) is 140 Å². The van der Waals surface area contributed by atoms with Crippen LogP contribution in [0.4, 0.5) is 0 Å². The largest absolute Gasteiger partial charge is 1.00 e. The summed E-state index contributed by atoms with van der Waals surface area (Å²) in [6.45, 7) is 1.80. The van der Waals surface area contributed by atoms with Gasteiger partial charge in [0.05, 0.1) is 12.1 Å². The van der Waals surface area contributed by atoms with E-state index in [4.69, 9.17) is 9.47 Å². The minimum absolute atomic E-state index is 0. The van der Waals surface area contributed by atoms with Gasteiger partial charge in [0.15, 0.2) is 34.3 Å². The van der Waals surface area contributed by atoms with Crippen molar-refractivity contribution in [1.29, 1.82) is 0 Å². The van der Waals surface area contributed by atoms with Crippen LogP contribution in [0.25, 0.3) is 0 Å². The summed E-state index contributed by atoms with van der Waals surface area (Å²) in [6, 6.07) is 74.4. The van der Waals surface area contributed by atoms with Crippen molar-refractivity contribution in [1.82, 2.24) is 28.7 Å². The molecule has 1 unspecified atom stereocenters. The summed E-state index contributed by atoms with van der Waals surface area (Å²) in [7, 11) is 0. The second kappa shape index (κ2) is 34.3. The van der Waals surface area contributed by atoms with Crippen molar-refractivity contribution >= 4 is 53.0 Å². The minimum Gasteiger partial charge on any atom is -1.00 e. The first-order valence-corrected chi connectivity index (χ1v) is 45.2. The van der Waals surface area contributed by atoms with Crippen molar-refractivity contribution < 1.29 is 58.0 Å². The number of ether oxygens (including phenoxy) is 2. The topological polar surface area (TPSA) is 204 Å². The Kier molecular flexibility index (Phi) is 23.2. The summed E-state index contributed by atoms with van der Waals surface area (Å²) in [5.74, 6) is 2.00. The lowest BCUT2D eigenvalue weighted by Crippen LogP contribution is -3.00. The third-order valence-corrected chi connectivity index (χ3v) is 31.0. The smallest absolute Gasteiger partial charge is 0.278 e. The summed E-state index contributed by atoms with van der Waals surface area (Å²) < 4.78 is 17.3. The fourth-order valence-corrected chi connectivity index (χ4v) is 23.9. The predicted octanol–water partition coefficient (Wildman–Crippen LogP) is 14.9. The first-order valence-electron chi connectivity index (χ1n) is 42.2. The zero-order valence-corrected chi connectivity index (χ0v) is 71.8. The van der Waals surface area contributed by atoms with E-state index < -0.39 is 17.3 Å². The van der Waals surface area contributed by atoms with Crippen LogP contribution < -0.4 is 65.2 Å². The average Bonchev–Trinajstić information content (AvgIpc) is 0.900. The highest BCUT2D eigenvalue weighted by atomic mass is 127. The molecule has 0 radical (unpaired) electrons. The van der Waals surface area contributed by atoms with Crippen LogP contribution in [0.1, 0.15) is 215 Å². The Bertz CT molecular complexity index is 5830. The molecular weight excluding hydrogens is 1700 g/mol. The van der Waals surface area contributed by atoms with Gasteiger partial charge in [-0.25, -0.2) is 0 Å². The lowest BCUT2D eigenvalue weighted by atomic mass is 9.54. The number of carbonyl (C=O) groups excluding carboxylic acids is 3. The SMILES string of the molecule is C.O=C1c2c(O)c(=O)ccn2N([C@H]2c3ccccc3CSc3ccccc32)CN1C1CC2(CCC2)C1.O=C1c2c(OCc3ccccc3)c(=O)ccn2N([C@H]2c3ccccc3CSc3ccccc32)CN1C1CC2(CCC2)C1.O=C1c2c(OCc3ccccc3)c(=O)ccn2NCN1C1CC2(CCC2)C1.OC1c2ccccc2CSc2ccccc21.[I-]. The number of aliphatic hydroxyl groups is 1. The molecule has 12 aliphatic rings. The van der Waals surface area contributed by atoms with Crippen LogP contribution in [0, 0.1) is 16.2 Å². The number of fused-ring (bicyclic) bond motifs is 9. The Morgan fingerprint density at radius 1 is 0.385 bits per heavy atom. The number of pyridine rings is 3. The van der Waals surface area contributed by atoms with Crippen molar-refractivity contribution in [2.24, 2.45) is 16.2 Å². The van der Waals surface area contributed by atoms with Crippen LogP contribution in [0.2, 0.25) is 0 Å². The van der Waals surface area contributed by atoms with Gasteiger partial charge < -0.3 is 63.8 Å². The number of aromatic hydroxyl groups is 1. The van der Waals surface area contributed by atoms with Gasteiger partial charge in [0, 0.05) is 86.9 Å². The second-order valence-corrected chi connectivity index (χ2v) is 37.6. The number of nitrogens with zero attached hydrogens (tertiary/aromatic N) is 8. The molecule has 122 heavy (non-hydrogen) atoms. The molecule has 23 rings (SSSR count). The third kappa shape index (κ3) is 15.3. The summed E-state index contributed by atoms with van der Waals surface area (Å²) in [4.78, 5) is 89.0. The zero-order valence-electron chi connectivity index (χ0n) is 67.2. The molecule has 626 valence electrons. The number of aromatic nitrogens is 3. The maximum atomic E-state index is 14.4. The average molecular weight is 1800 g/mol. The minimum atomic E-state index is -0.521. The van der Waals surface area contributed by atoms with Crippen molar-refractivity contribution in [3.63, 3.8) is 0 Å². The van der Waals surface area contributed by atoms with E-state index in [1.54, 1.807) is 39.7 Å². The molecule has 23 heteroatoms. The molecule has 6 aliphatic carbocycles. The fraction of sp³-hybridized carbons (Fsp3) is 0.333. The summed E-state index contributed by atoms with van der Waals surface area (Å²) in [6.07, 6.45) is 22.3. The number of carbonyl (C=O) groups is 3. The van der Waals surface area contributed by atoms with Crippen molar-refractivity contribution in [2.45, 2.75) is 185 Å². The molecule has 6 aliphatic heterocycles. The van der Waals surface area contributed by atoms with Crippen LogP contribution in [-0.2, 0) is 30.5 Å². The monoisotopic (exact) mass is 1800 g/mol. The van der Waals surface area contributed by atoms with Crippen molar-refractivity contribution in [3.05, 3.63) is 352 Å². The number of thioether (sulfide) groups is 3. The van der Waals surface area contributed by atoms with Crippen molar-refractivity contribution in [2.75, 3.05) is 35.4 Å². The lowest BCUT2D eigenvalue weighted by Gasteiger charge is -2.58. The highest BCUT2D eigenvalue weighted by Gasteiger charge is 2.56. The van der Waals surface area contributed by atoms with Gasteiger partial charge in [0.2, 0.25) is 16.3 Å². The lowest BCUT2D eigenvalue weighted by molar-refractivity contribution is -0.0501. The van der Waals surface area contributed by atoms with E-state index in [9.17, 15) is 39.0 Å². The van der Waals surface area contributed by atoms with E-state index in [-0.39, 0.29) is 121 Å². The quantitative estimate of drug-likeness (QED) is 0.103. The molecule has 3 atom stereocenters. The van der Waals surface area contributed by atoms with Gasteiger partial charge in [0.1, 0.15) is 39.3 Å². The number of amides is 3. The summed E-state index contributed by atoms with van der Waals surface area (Å²) in [5.41, 5.74) is 16.7. The van der Waals surface area contributed by atoms with Crippen LogP contribution in [0.5, 0.6) is 17.2 Å². The Morgan fingerprint density at radius 3 is 1.20 bits per heavy atom. The van der Waals surface area contributed by atoms with Gasteiger partial charge in [-0.3, -0.25) is 52.8 Å². The van der Waals surface area contributed by atoms with Gasteiger partial charge in [-0.1, -0.05) is 215 Å². The van der Waals surface area contributed by atoms with E-state index in [2.05, 4.69) is 125 Å². The Balaban J connectivity index is 0.000000116. The normalized spacial score (nSPS) is 21.4. The highest BCUT2D eigenvalue weighted by molar-refractivity contribution is 7.99. The molecular formula is C99H99IN9O10S3-. The first-order chi connectivity index (χ1) is 58.7. The molecule has 6 fully saturated rings. The molecule has 8 aromatic carbocycles. The molecule has 6 saturated carbocycles. The summed E-state index contributed by atoms with van der Waals surface area (Å²) >= 11 is 5.48.